The third-order valence-corrected chi connectivity index (χ3v) is 7.77. The number of hydrogen-bond donors (Lipinski definition) is 1. The number of amides is 2. The van der Waals surface area contributed by atoms with Gasteiger partial charge in [-0.1, -0.05) is 77.3 Å². The minimum absolute atomic E-state index is 0.0991. The molecule has 5 nitrogen and oxygen atoms in total. The summed E-state index contributed by atoms with van der Waals surface area (Å²) in [4.78, 5) is 27.2. The van der Waals surface area contributed by atoms with E-state index in [1.807, 2.05) is 36.4 Å². The average molecular weight is 647 g/mol. The van der Waals surface area contributed by atoms with E-state index in [1.54, 1.807) is 30.3 Å². The molecule has 1 fully saturated rings. The Kier molecular flexibility index (Phi) is 7.75. The largest absolute Gasteiger partial charge is 0.486 e. The zero-order chi connectivity index (χ0) is 27.0. The molecule has 190 valence electrons. The van der Waals surface area contributed by atoms with Gasteiger partial charge >= 0.3 is 0 Å². The molecule has 10 heteroatoms. The van der Waals surface area contributed by atoms with Gasteiger partial charge in [-0.2, -0.15) is 0 Å². The lowest BCUT2D eigenvalue weighted by Crippen LogP contribution is -2.54. The van der Waals surface area contributed by atoms with Crippen LogP contribution in [0.25, 0.3) is 16.8 Å². The van der Waals surface area contributed by atoms with Gasteiger partial charge in [0.15, 0.2) is 10.9 Å². The van der Waals surface area contributed by atoms with Crippen molar-refractivity contribution in [3.8, 4) is 5.75 Å². The molecule has 1 saturated heterocycles. The van der Waals surface area contributed by atoms with Gasteiger partial charge in [0.05, 0.1) is 25.2 Å². The first-order chi connectivity index (χ1) is 18.2. The summed E-state index contributed by atoms with van der Waals surface area (Å²) in [5.74, 6) is -0.847. The van der Waals surface area contributed by atoms with E-state index in [9.17, 15) is 9.59 Å². The highest BCUT2D eigenvalue weighted by atomic mass is 79.9. The monoisotopic (exact) mass is 644 g/mol. The van der Waals surface area contributed by atoms with Crippen LogP contribution in [0.15, 0.2) is 82.8 Å². The minimum atomic E-state index is -0.646. The molecule has 0 radical (unpaired) electrons. The molecule has 0 bridgehead atoms. The van der Waals surface area contributed by atoms with Gasteiger partial charge in [0.2, 0.25) is 0 Å². The van der Waals surface area contributed by atoms with Gasteiger partial charge in [-0.05, 0) is 86.5 Å². The maximum Gasteiger partial charge on any atom is 0.270 e. The highest BCUT2D eigenvalue weighted by Gasteiger charge is 2.35. The van der Waals surface area contributed by atoms with Crippen molar-refractivity contribution in [2.45, 2.75) is 6.61 Å². The summed E-state index contributed by atoms with van der Waals surface area (Å²) in [5.41, 5.74) is 1.60. The molecule has 1 aliphatic rings. The van der Waals surface area contributed by atoms with E-state index in [-0.39, 0.29) is 26.4 Å². The summed E-state index contributed by atoms with van der Waals surface area (Å²) in [6, 6.07) is 22.3. The summed E-state index contributed by atoms with van der Waals surface area (Å²) in [7, 11) is 0. The number of rotatable bonds is 5. The smallest absolute Gasteiger partial charge is 0.270 e. The second kappa shape index (κ2) is 11.0. The third kappa shape index (κ3) is 5.30. The fourth-order valence-corrected chi connectivity index (χ4v) is 5.64. The molecule has 5 rings (SSSR count). The zero-order valence-corrected chi connectivity index (χ0v) is 24.0. The average Bonchev–Trinajstić information content (AvgIpc) is 2.88. The van der Waals surface area contributed by atoms with Gasteiger partial charge in [0.25, 0.3) is 11.8 Å². The van der Waals surface area contributed by atoms with Gasteiger partial charge in [0, 0.05) is 0 Å². The van der Waals surface area contributed by atoms with Crippen molar-refractivity contribution >= 4 is 102 Å². The molecular formula is C28H16BrCl3N2O3S. The first kappa shape index (κ1) is 26.7. The Morgan fingerprint density at radius 2 is 1.68 bits per heavy atom. The van der Waals surface area contributed by atoms with Crippen LogP contribution in [-0.4, -0.2) is 16.9 Å². The standard InChI is InChI=1S/C28H16BrCl3N2O3S/c29-20-12-16(13-22(31)25(20)37-14-15-8-9-17-4-1-2-5-18(17)10-15)11-19-26(35)33-28(38)34(27(19)36)23-7-3-6-21(30)24(23)32/h1-13H,14H2,(H,33,35,38)/b19-11+. The number of benzene rings is 4. The fraction of sp³-hybridized carbons (Fsp3) is 0.0357. The second-order valence-electron chi connectivity index (χ2n) is 8.31. The van der Waals surface area contributed by atoms with Gasteiger partial charge in [0.1, 0.15) is 12.2 Å². The molecule has 1 heterocycles. The maximum absolute atomic E-state index is 13.3. The number of thiocarbonyl (C=S) groups is 1. The first-order valence-corrected chi connectivity index (χ1v) is 13.5. The minimum Gasteiger partial charge on any atom is -0.486 e. The molecule has 38 heavy (non-hydrogen) atoms. The number of anilines is 1. The second-order valence-corrected chi connectivity index (χ2v) is 10.7. The van der Waals surface area contributed by atoms with Crippen LogP contribution in [0.4, 0.5) is 5.69 Å². The zero-order valence-electron chi connectivity index (χ0n) is 19.3. The van der Waals surface area contributed by atoms with Crippen molar-refractivity contribution in [2.24, 2.45) is 0 Å². The Hall–Kier alpha value is -2.94. The predicted molar refractivity (Wildman–Crippen MR) is 160 cm³/mol. The normalized spacial score (nSPS) is 14.8. The Balaban J connectivity index is 1.41. The van der Waals surface area contributed by atoms with E-state index in [1.165, 1.54) is 6.08 Å². The Morgan fingerprint density at radius 1 is 0.921 bits per heavy atom. The van der Waals surface area contributed by atoms with Gasteiger partial charge in [-0.3, -0.25) is 19.8 Å². The quantitative estimate of drug-likeness (QED) is 0.136. The van der Waals surface area contributed by atoms with Crippen LogP contribution in [0.3, 0.4) is 0 Å². The van der Waals surface area contributed by atoms with Gasteiger partial charge in [-0.15, -0.1) is 0 Å². The molecule has 0 aliphatic carbocycles. The number of ether oxygens (including phenoxy) is 1. The van der Waals surface area contributed by atoms with Crippen molar-refractivity contribution in [3.05, 3.63) is 109 Å². The number of fused-ring (bicyclic) bond motifs is 1. The molecule has 4 aromatic carbocycles. The maximum atomic E-state index is 13.3. The lowest BCUT2D eigenvalue weighted by Gasteiger charge is -2.29. The molecule has 0 aromatic heterocycles. The molecule has 0 atom stereocenters. The van der Waals surface area contributed by atoms with E-state index in [0.717, 1.165) is 21.2 Å². The molecule has 0 spiro atoms. The molecule has 0 unspecified atom stereocenters. The number of nitrogens with zero attached hydrogens (tertiary/aromatic N) is 1. The first-order valence-electron chi connectivity index (χ1n) is 11.2. The van der Waals surface area contributed by atoms with E-state index >= 15 is 0 Å². The highest BCUT2D eigenvalue weighted by Crippen LogP contribution is 2.37. The lowest BCUT2D eigenvalue weighted by atomic mass is 10.1. The number of carbonyl (C=O) groups is 2. The highest BCUT2D eigenvalue weighted by molar-refractivity contribution is 9.10. The summed E-state index contributed by atoms with van der Waals surface area (Å²) < 4.78 is 6.57. The summed E-state index contributed by atoms with van der Waals surface area (Å²) in [6.07, 6.45) is 1.43. The van der Waals surface area contributed by atoms with Crippen LogP contribution < -0.4 is 15.0 Å². The van der Waals surface area contributed by atoms with Crippen LogP contribution in [0.1, 0.15) is 11.1 Å². The van der Waals surface area contributed by atoms with Crippen LogP contribution in [0, 0.1) is 0 Å². The van der Waals surface area contributed by atoms with Crippen LogP contribution in [-0.2, 0) is 16.2 Å². The SMILES string of the molecule is O=C1NC(=S)N(c2cccc(Cl)c2Cl)C(=O)/C1=C/c1cc(Cl)c(OCc2ccc3ccccc3c2)c(Br)c1. The van der Waals surface area contributed by atoms with Crippen molar-refractivity contribution in [1.29, 1.82) is 0 Å². The van der Waals surface area contributed by atoms with Crippen LogP contribution >= 0.6 is 63.0 Å². The van der Waals surface area contributed by atoms with E-state index in [2.05, 4.69) is 27.3 Å². The molecule has 1 aliphatic heterocycles. The van der Waals surface area contributed by atoms with Gasteiger partial charge < -0.3 is 4.74 Å². The molecule has 4 aromatic rings. The Morgan fingerprint density at radius 3 is 2.45 bits per heavy atom. The number of nitrogens with one attached hydrogen (secondary N) is 1. The van der Waals surface area contributed by atoms with Crippen molar-refractivity contribution < 1.29 is 14.3 Å². The molecule has 1 N–H and O–H groups in total. The molecular weight excluding hydrogens is 631 g/mol. The van der Waals surface area contributed by atoms with Crippen LogP contribution in [0.2, 0.25) is 15.1 Å². The molecule has 0 saturated carbocycles. The van der Waals surface area contributed by atoms with Gasteiger partial charge in [-0.25, -0.2) is 0 Å². The van der Waals surface area contributed by atoms with E-state index < -0.39 is 11.8 Å². The van der Waals surface area contributed by atoms with Crippen molar-refractivity contribution in [3.63, 3.8) is 0 Å². The topological polar surface area (TPSA) is 58.6 Å². The van der Waals surface area contributed by atoms with E-state index in [0.29, 0.717) is 27.4 Å². The van der Waals surface area contributed by atoms with Crippen molar-refractivity contribution in [1.82, 2.24) is 5.32 Å². The Labute approximate surface area is 247 Å². The van der Waals surface area contributed by atoms with Crippen LogP contribution in [0.5, 0.6) is 5.75 Å². The summed E-state index contributed by atoms with van der Waals surface area (Å²) in [6.45, 7) is 0.303. The summed E-state index contributed by atoms with van der Waals surface area (Å²) >= 11 is 27.7. The van der Waals surface area contributed by atoms with E-state index in [4.69, 9.17) is 51.8 Å². The molecule has 2 amide bonds. The Bertz CT molecular complexity index is 1650. The number of carbonyl (C=O) groups excluding carboxylic acids is 2. The third-order valence-electron chi connectivity index (χ3n) is 5.80. The lowest BCUT2D eigenvalue weighted by molar-refractivity contribution is -0.122. The predicted octanol–water partition coefficient (Wildman–Crippen LogP) is 7.97. The van der Waals surface area contributed by atoms with Crippen molar-refractivity contribution in [2.75, 3.05) is 4.90 Å². The number of hydrogen-bond acceptors (Lipinski definition) is 4. The fourth-order valence-electron chi connectivity index (χ4n) is 3.99. The summed E-state index contributed by atoms with van der Waals surface area (Å²) in [5, 5.41) is 5.38. The number of halogens is 4.